The molecule has 1 unspecified atom stereocenters. The zero-order valence-electron chi connectivity index (χ0n) is 17.8. The fourth-order valence-electron chi connectivity index (χ4n) is 3.27. The Kier molecular flexibility index (Phi) is 8.96. The van der Waals surface area contributed by atoms with Crippen molar-refractivity contribution in [3.05, 3.63) is 59.2 Å². The third-order valence-corrected chi connectivity index (χ3v) is 5.15. The molecule has 2 aromatic rings. The first kappa shape index (κ1) is 22.6. The maximum absolute atomic E-state index is 10.2. The van der Waals surface area contributed by atoms with Gasteiger partial charge in [0, 0.05) is 13.1 Å². The van der Waals surface area contributed by atoms with E-state index in [1.54, 1.807) is 6.92 Å². The fraction of sp³-hybridized carbons (Fsp3) is 0.500. The summed E-state index contributed by atoms with van der Waals surface area (Å²) in [5.41, 5.74) is 6.18. The second-order valence-electron chi connectivity index (χ2n) is 7.98. The predicted molar refractivity (Wildman–Crippen MR) is 118 cm³/mol. The van der Waals surface area contributed by atoms with Crippen LogP contribution >= 0.6 is 0 Å². The molecule has 0 saturated heterocycles. The second-order valence-corrected chi connectivity index (χ2v) is 7.98. The fourth-order valence-corrected chi connectivity index (χ4v) is 3.27. The van der Waals surface area contributed by atoms with Gasteiger partial charge in [-0.1, -0.05) is 24.3 Å². The Bertz CT molecular complexity index is 778. The van der Waals surface area contributed by atoms with Crippen LogP contribution in [0.4, 0.5) is 0 Å². The van der Waals surface area contributed by atoms with Gasteiger partial charge in [0.05, 0.1) is 12.7 Å². The molecule has 1 atom stereocenters. The molecule has 1 saturated carbocycles. The smallest absolute Gasteiger partial charge is 0.120 e. The molecule has 0 aliphatic heterocycles. The van der Waals surface area contributed by atoms with E-state index in [-0.39, 0.29) is 6.10 Å². The number of benzene rings is 2. The largest absolute Gasteiger partial charge is 0.508 e. The Hall–Kier alpha value is -2.12. The Morgan fingerprint density at radius 2 is 1.93 bits per heavy atom. The SMILES string of the molecule is CC(O)CCNCCONCCc1cccc(OCc2ccc(C3CC3)c(O)c2)c1. The second kappa shape index (κ2) is 11.9. The van der Waals surface area contributed by atoms with E-state index in [4.69, 9.17) is 9.57 Å². The highest BCUT2D eigenvalue weighted by Crippen LogP contribution is 2.44. The van der Waals surface area contributed by atoms with Crippen molar-refractivity contribution >= 4 is 0 Å². The van der Waals surface area contributed by atoms with E-state index in [9.17, 15) is 10.2 Å². The Balaban J connectivity index is 1.32. The van der Waals surface area contributed by atoms with Gasteiger partial charge in [-0.05, 0) is 80.0 Å². The number of aliphatic hydroxyl groups excluding tert-OH is 1. The highest BCUT2D eigenvalue weighted by molar-refractivity contribution is 5.40. The van der Waals surface area contributed by atoms with Crippen LogP contribution in [0.25, 0.3) is 0 Å². The first-order valence-corrected chi connectivity index (χ1v) is 10.9. The zero-order valence-corrected chi connectivity index (χ0v) is 17.8. The van der Waals surface area contributed by atoms with E-state index in [1.165, 1.54) is 18.4 Å². The number of phenolic OH excluding ortho intramolecular Hbond substituents is 1. The van der Waals surface area contributed by atoms with E-state index in [0.717, 1.165) is 42.8 Å². The molecule has 4 N–H and O–H groups in total. The van der Waals surface area contributed by atoms with Gasteiger partial charge in [0.1, 0.15) is 18.1 Å². The number of hydroxylamine groups is 1. The number of aromatic hydroxyl groups is 1. The van der Waals surface area contributed by atoms with Crippen LogP contribution in [0, 0.1) is 0 Å². The molecule has 2 aromatic carbocycles. The van der Waals surface area contributed by atoms with Gasteiger partial charge in [0.15, 0.2) is 0 Å². The lowest BCUT2D eigenvalue weighted by molar-refractivity contribution is 0.0437. The van der Waals surface area contributed by atoms with Crippen LogP contribution in [0.2, 0.25) is 0 Å². The molecule has 0 heterocycles. The van der Waals surface area contributed by atoms with Crippen molar-refractivity contribution in [3.8, 4) is 11.5 Å². The standard InChI is InChI=1S/C24H34N2O4/c1-18(27)9-11-25-13-14-30-26-12-10-19-3-2-4-22(15-19)29-17-20-5-8-23(21-6-7-21)24(28)16-20/h2-5,8,15-16,18,21,25-28H,6-7,9-14,17H2,1H3. The van der Waals surface area contributed by atoms with Gasteiger partial charge in [0.2, 0.25) is 0 Å². The number of aliphatic hydroxyl groups is 1. The summed E-state index contributed by atoms with van der Waals surface area (Å²) in [6.45, 7) is 5.06. The number of nitrogens with one attached hydrogen (secondary N) is 2. The quantitative estimate of drug-likeness (QED) is 0.281. The van der Waals surface area contributed by atoms with E-state index < -0.39 is 0 Å². The van der Waals surface area contributed by atoms with Crippen LogP contribution in [-0.2, 0) is 17.9 Å². The molecule has 1 aliphatic rings. The van der Waals surface area contributed by atoms with E-state index in [0.29, 0.717) is 31.4 Å². The van der Waals surface area contributed by atoms with Gasteiger partial charge < -0.3 is 25.1 Å². The summed E-state index contributed by atoms with van der Waals surface area (Å²) in [5, 5.41) is 22.6. The van der Waals surface area contributed by atoms with Crippen LogP contribution in [0.15, 0.2) is 42.5 Å². The minimum Gasteiger partial charge on any atom is -0.508 e. The minimum atomic E-state index is -0.267. The topological polar surface area (TPSA) is 83.0 Å². The number of rotatable bonds is 14. The van der Waals surface area contributed by atoms with Crippen molar-refractivity contribution in [1.29, 1.82) is 0 Å². The molecule has 1 aliphatic carbocycles. The molecule has 1 fully saturated rings. The van der Waals surface area contributed by atoms with Gasteiger partial charge in [-0.15, -0.1) is 0 Å². The third-order valence-electron chi connectivity index (χ3n) is 5.15. The molecule has 164 valence electrons. The lowest BCUT2D eigenvalue weighted by atomic mass is 10.1. The molecule has 30 heavy (non-hydrogen) atoms. The Morgan fingerprint density at radius 3 is 2.70 bits per heavy atom. The zero-order chi connectivity index (χ0) is 21.2. The average molecular weight is 415 g/mol. The summed E-state index contributed by atoms with van der Waals surface area (Å²) < 4.78 is 5.91. The molecule has 0 radical (unpaired) electrons. The highest BCUT2D eigenvalue weighted by atomic mass is 16.6. The van der Waals surface area contributed by atoms with Crippen molar-refractivity contribution in [2.75, 3.05) is 26.2 Å². The minimum absolute atomic E-state index is 0.267. The highest BCUT2D eigenvalue weighted by Gasteiger charge is 2.26. The van der Waals surface area contributed by atoms with Crippen molar-refractivity contribution in [1.82, 2.24) is 10.8 Å². The summed E-state index contributed by atoms with van der Waals surface area (Å²) in [7, 11) is 0. The summed E-state index contributed by atoms with van der Waals surface area (Å²) in [6, 6.07) is 13.9. The van der Waals surface area contributed by atoms with Crippen molar-refractivity contribution in [2.24, 2.45) is 0 Å². The third kappa shape index (κ3) is 7.95. The molecule has 6 heteroatoms. The van der Waals surface area contributed by atoms with E-state index in [1.807, 2.05) is 36.4 Å². The van der Waals surface area contributed by atoms with Gasteiger partial charge >= 0.3 is 0 Å². The Labute approximate surface area is 179 Å². The molecular formula is C24H34N2O4. The van der Waals surface area contributed by atoms with Gasteiger partial charge in [-0.25, -0.2) is 5.48 Å². The summed E-state index contributed by atoms with van der Waals surface area (Å²) in [6.07, 6.45) is 3.67. The van der Waals surface area contributed by atoms with Crippen molar-refractivity contribution < 1.29 is 19.8 Å². The number of phenols is 1. The van der Waals surface area contributed by atoms with E-state index >= 15 is 0 Å². The van der Waals surface area contributed by atoms with Crippen molar-refractivity contribution in [3.63, 3.8) is 0 Å². The maximum Gasteiger partial charge on any atom is 0.120 e. The van der Waals surface area contributed by atoms with Crippen LogP contribution < -0.4 is 15.5 Å². The van der Waals surface area contributed by atoms with Crippen LogP contribution in [0.3, 0.4) is 0 Å². The number of hydrogen-bond donors (Lipinski definition) is 4. The molecule has 6 nitrogen and oxygen atoms in total. The van der Waals surface area contributed by atoms with Crippen LogP contribution in [-0.4, -0.2) is 42.6 Å². The first-order chi connectivity index (χ1) is 14.6. The maximum atomic E-state index is 10.2. The molecule has 0 amide bonds. The van der Waals surface area contributed by atoms with Crippen molar-refractivity contribution in [2.45, 2.75) is 51.2 Å². The molecule has 0 spiro atoms. The van der Waals surface area contributed by atoms with Gasteiger partial charge in [-0.3, -0.25) is 0 Å². The Morgan fingerprint density at radius 1 is 1.07 bits per heavy atom. The predicted octanol–water partition coefficient (Wildman–Crippen LogP) is 3.27. The lowest BCUT2D eigenvalue weighted by Crippen LogP contribution is -2.27. The van der Waals surface area contributed by atoms with Crippen LogP contribution in [0.5, 0.6) is 11.5 Å². The normalized spacial score (nSPS) is 14.6. The lowest BCUT2D eigenvalue weighted by Gasteiger charge is -2.11. The molecule has 0 bridgehead atoms. The number of hydrogen-bond acceptors (Lipinski definition) is 6. The number of ether oxygens (including phenoxy) is 1. The molecular weight excluding hydrogens is 380 g/mol. The summed E-state index contributed by atoms with van der Waals surface area (Å²) in [4.78, 5) is 5.41. The molecule has 3 rings (SSSR count). The summed E-state index contributed by atoms with van der Waals surface area (Å²) in [5.74, 6) is 1.75. The monoisotopic (exact) mass is 414 g/mol. The van der Waals surface area contributed by atoms with Gasteiger partial charge in [-0.2, -0.15) is 0 Å². The van der Waals surface area contributed by atoms with Gasteiger partial charge in [0.25, 0.3) is 0 Å². The summed E-state index contributed by atoms with van der Waals surface area (Å²) >= 11 is 0. The van der Waals surface area contributed by atoms with Crippen LogP contribution in [0.1, 0.15) is 48.8 Å². The first-order valence-electron chi connectivity index (χ1n) is 10.9. The van der Waals surface area contributed by atoms with E-state index in [2.05, 4.69) is 16.9 Å². The molecule has 0 aromatic heterocycles. The average Bonchev–Trinajstić information content (AvgIpc) is 3.56.